The van der Waals surface area contributed by atoms with Crippen LogP contribution in [0.25, 0.3) is 0 Å². The van der Waals surface area contributed by atoms with Crippen LogP contribution in [0.1, 0.15) is 26.2 Å². The normalized spacial score (nSPS) is 18.2. The van der Waals surface area contributed by atoms with Crippen molar-refractivity contribution in [3.63, 3.8) is 0 Å². The van der Waals surface area contributed by atoms with E-state index in [4.69, 9.17) is 0 Å². The zero-order chi connectivity index (χ0) is 22.3. The van der Waals surface area contributed by atoms with E-state index in [1.54, 1.807) is 0 Å². The summed E-state index contributed by atoms with van der Waals surface area (Å²) in [5.74, 6) is -23.0. The molecule has 162 valence electrons. The molecule has 0 aliphatic heterocycles. The van der Waals surface area contributed by atoms with Gasteiger partial charge in [-0.25, -0.2) is 4.39 Å². The Bertz CT molecular complexity index is 534. The van der Waals surface area contributed by atoms with Crippen LogP contribution >= 0.6 is 9.24 Å². The minimum atomic E-state index is -6.67. The van der Waals surface area contributed by atoms with E-state index in [1.807, 2.05) is 0 Å². The zero-order valence-electron chi connectivity index (χ0n) is 13.1. The number of carbonyl (C=O) groups excluding carboxylic acids is 1. The predicted octanol–water partition coefficient (Wildman–Crippen LogP) is 5.93. The largest absolute Gasteiger partial charge is 0.459 e. The monoisotopic (exact) mass is 450 g/mol. The van der Waals surface area contributed by atoms with Crippen LogP contribution in [0, 0.1) is 5.92 Å². The van der Waals surface area contributed by atoms with E-state index >= 15 is 0 Å². The van der Waals surface area contributed by atoms with Gasteiger partial charge in [0.05, 0.1) is 0 Å². The molecule has 0 amide bonds. The summed E-state index contributed by atoms with van der Waals surface area (Å²) in [5, 5.41) is -4.43. The Balaban J connectivity index is 5.13. The molecule has 0 aromatic rings. The Morgan fingerprint density at radius 3 is 1.48 bits per heavy atom. The van der Waals surface area contributed by atoms with Crippen LogP contribution in [0.15, 0.2) is 0 Å². The minimum Gasteiger partial charge on any atom is -0.300 e. The summed E-state index contributed by atoms with van der Waals surface area (Å²) in [6.07, 6.45) is -18.2. The SMILES string of the molecule is CC(CC(=O)CCC(F)(P)C(F)(F)C(F)(F)F)C(F)(F)C(F)(F)C(F)(F)F. The highest BCUT2D eigenvalue weighted by atomic mass is 31.0. The highest BCUT2D eigenvalue weighted by Crippen LogP contribution is 2.52. The average molecular weight is 450 g/mol. The van der Waals surface area contributed by atoms with E-state index in [-0.39, 0.29) is 6.92 Å². The van der Waals surface area contributed by atoms with Gasteiger partial charge in [-0.15, -0.1) is 0 Å². The molecule has 0 aromatic carbocycles. The van der Waals surface area contributed by atoms with Crippen molar-refractivity contribution in [3.8, 4) is 0 Å². The van der Waals surface area contributed by atoms with E-state index < -0.39 is 66.5 Å². The number of hydrogen-bond acceptors (Lipinski definition) is 1. The molecule has 0 saturated heterocycles. The molecule has 0 heterocycles. The fourth-order valence-corrected chi connectivity index (χ4v) is 2.09. The van der Waals surface area contributed by atoms with Crippen molar-refractivity contribution in [1.82, 2.24) is 0 Å². The first-order chi connectivity index (χ1) is 11.5. The molecule has 0 rings (SSSR count). The fourth-order valence-electron chi connectivity index (χ4n) is 1.78. The standard InChI is InChI=1S/C12H12F13OP/c1-5(8(14,15)10(18,19)12(23,24)25)4-6(26)2-3-7(13,27)9(16,17)11(20,21)22/h5H,2-4,27H2,1H3. The van der Waals surface area contributed by atoms with Gasteiger partial charge < -0.3 is 0 Å². The quantitative estimate of drug-likeness (QED) is 0.331. The third-order valence-corrected chi connectivity index (χ3v) is 4.22. The Hall–Kier alpha value is -0.810. The lowest BCUT2D eigenvalue weighted by Gasteiger charge is -2.33. The lowest BCUT2D eigenvalue weighted by molar-refractivity contribution is -0.364. The lowest BCUT2D eigenvalue weighted by Crippen LogP contribution is -2.55. The molecular formula is C12H12F13OP. The molecule has 0 fully saturated rings. The summed E-state index contributed by atoms with van der Waals surface area (Å²) >= 11 is 0. The van der Waals surface area contributed by atoms with Crippen molar-refractivity contribution in [2.24, 2.45) is 5.92 Å². The number of Topliss-reactive ketones (excluding diaryl/α,β-unsaturated/α-hetero) is 1. The Labute approximate surface area is 145 Å². The van der Waals surface area contributed by atoms with E-state index in [2.05, 4.69) is 0 Å². The van der Waals surface area contributed by atoms with Gasteiger partial charge in [-0.05, 0) is 6.42 Å². The van der Waals surface area contributed by atoms with Gasteiger partial charge in [0, 0.05) is 18.8 Å². The molecule has 0 aromatic heterocycles. The third-order valence-electron chi connectivity index (χ3n) is 3.57. The number of alkyl halides is 13. The highest BCUT2D eigenvalue weighted by Gasteiger charge is 2.74. The second-order valence-corrected chi connectivity index (χ2v) is 6.69. The summed E-state index contributed by atoms with van der Waals surface area (Å²) in [7, 11) is 0.512. The molecule has 1 nitrogen and oxygen atoms in total. The molecule has 0 radical (unpaired) electrons. The fraction of sp³-hybridized carbons (Fsp3) is 0.917. The van der Waals surface area contributed by atoms with Gasteiger partial charge in [-0.2, -0.15) is 52.7 Å². The van der Waals surface area contributed by atoms with Gasteiger partial charge in [0.25, 0.3) is 0 Å². The summed E-state index contributed by atoms with van der Waals surface area (Å²) in [5.41, 5.74) is 0. The molecule has 3 unspecified atom stereocenters. The smallest absolute Gasteiger partial charge is 0.300 e. The molecule has 27 heavy (non-hydrogen) atoms. The maximum Gasteiger partial charge on any atom is 0.459 e. The third kappa shape index (κ3) is 5.17. The number of carbonyl (C=O) groups is 1. The Morgan fingerprint density at radius 1 is 0.778 bits per heavy atom. The molecule has 0 aliphatic rings. The highest BCUT2D eigenvalue weighted by molar-refractivity contribution is 7.18. The van der Waals surface area contributed by atoms with Crippen LogP contribution < -0.4 is 0 Å². The molecular weight excluding hydrogens is 438 g/mol. The topological polar surface area (TPSA) is 17.1 Å². The van der Waals surface area contributed by atoms with Crippen LogP contribution in [0.3, 0.4) is 0 Å². The van der Waals surface area contributed by atoms with Crippen molar-refractivity contribution in [2.75, 3.05) is 0 Å². The lowest BCUT2D eigenvalue weighted by atomic mass is 9.90. The summed E-state index contributed by atoms with van der Waals surface area (Å²) in [6, 6.07) is 0. The maximum atomic E-state index is 13.6. The molecule has 15 heteroatoms. The molecule has 0 N–H and O–H groups in total. The van der Waals surface area contributed by atoms with Gasteiger partial charge in [-0.3, -0.25) is 4.79 Å². The first-order valence-electron chi connectivity index (χ1n) is 6.78. The van der Waals surface area contributed by atoms with E-state index in [0.717, 1.165) is 0 Å². The van der Waals surface area contributed by atoms with Gasteiger partial charge in [0.1, 0.15) is 5.78 Å². The van der Waals surface area contributed by atoms with Crippen LogP contribution in [-0.2, 0) is 4.79 Å². The van der Waals surface area contributed by atoms with Crippen molar-refractivity contribution < 1.29 is 61.9 Å². The Morgan fingerprint density at radius 2 is 1.15 bits per heavy atom. The van der Waals surface area contributed by atoms with Gasteiger partial charge in [0.15, 0.2) is 5.41 Å². The molecule has 0 aliphatic carbocycles. The van der Waals surface area contributed by atoms with Crippen LogP contribution in [0.5, 0.6) is 0 Å². The zero-order valence-corrected chi connectivity index (χ0v) is 14.3. The average Bonchev–Trinajstić information content (AvgIpc) is 2.42. The second kappa shape index (κ2) is 7.55. The van der Waals surface area contributed by atoms with Crippen LogP contribution in [0.4, 0.5) is 57.1 Å². The van der Waals surface area contributed by atoms with Gasteiger partial charge in [-0.1, -0.05) is 16.2 Å². The van der Waals surface area contributed by atoms with Crippen molar-refractivity contribution >= 4 is 15.0 Å². The summed E-state index contributed by atoms with van der Waals surface area (Å²) in [4.78, 5) is 11.3. The number of rotatable bonds is 8. The molecule has 0 bridgehead atoms. The van der Waals surface area contributed by atoms with Crippen molar-refractivity contribution in [3.05, 3.63) is 0 Å². The predicted molar refractivity (Wildman–Crippen MR) is 68.5 cm³/mol. The number of halogens is 13. The minimum absolute atomic E-state index is 0.116. The first-order valence-corrected chi connectivity index (χ1v) is 7.36. The molecule has 3 atom stereocenters. The van der Waals surface area contributed by atoms with Gasteiger partial charge in [0.2, 0.25) is 0 Å². The maximum absolute atomic E-state index is 13.6. The second-order valence-electron chi connectivity index (χ2n) is 5.77. The molecule has 0 saturated carbocycles. The first kappa shape index (κ1) is 26.2. The van der Waals surface area contributed by atoms with Crippen molar-refractivity contribution in [1.29, 1.82) is 0 Å². The van der Waals surface area contributed by atoms with Crippen molar-refractivity contribution in [2.45, 2.75) is 61.7 Å². The number of hydrogen-bond donors (Lipinski definition) is 0. The van der Waals surface area contributed by atoms with Gasteiger partial charge >= 0.3 is 30.1 Å². The van der Waals surface area contributed by atoms with E-state index in [9.17, 15) is 61.9 Å². The summed E-state index contributed by atoms with van der Waals surface area (Å²) in [6.45, 7) is 0.116. The van der Waals surface area contributed by atoms with Crippen LogP contribution in [-0.4, -0.2) is 41.3 Å². The molecule has 0 spiro atoms. The van der Waals surface area contributed by atoms with E-state index in [1.165, 1.54) is 0 Å². The van der Waals surface area contributed by atoms with E-state index in [0.29, 0.717) is 9.24 Å². The number of ketones is 1. The Kier molecular flexibility index (Phi) is 7.32. The van der Waals surface area contributed by atoms with Crippen LogP contribution in [0.2, 0.25) is 0 Å². The summed E-state index contributed by atoms with van der Waals surface area (Å²) < 4.78 is 164.